The van der Waals surface area contributed by atoms with E-state index in [2.05, 4.69) is 33.0 Å². The minimum absolute atomic E-state index is 0.100. The summed E-state index contributed by atoms with van der Waals surface area (Å²) in [6, 6.07) is 7.62. The van der Waals surface area contributed by atoms with Crippen LogP contribution in [0.1, 0.15) is 47.1 Å². The Morgan fingerprint density at radius 2 is 2.19 bits per heavy atom. The topological polar surface area (TPSA) is 59.4 Å². The Bertz CT molecular complexity index is 769. The van der Waals surface area contributed by atoms with Gasteiger partial charge in [-0.2, -0.15) is 5.10 Å². The molecule has 0 bridgehead atoms. The molecule has 1 aliphatic rings. The molecule has 2 aromatic rings. The summed E-state index contributed by atoms with van der Waals surface area (Å²) >= 11 is 0. The molecule has 0 spiro atoms. The van der Waals surface area contributed by atoms with Crippen LogP contribution in [0, 0.1) is 6.92 Å². The molecule has 0 atom stereocenters. The summed E-state index contributed by atoms with van der Waals surface area (Å²) in [6.45, 7) is 8.60. The number of nitrogens with zero attached hydrogens (tertiary/aromatic N) is 3. The van der Waals surface area contributed by atoms with Gasteiger partial charge < -0.3 is 10.1 Å². The number of carbonyl (C=O) groups excluding carboxylic acids is 1. The van der Waals surface area contributed by atoms with Gasteiger partial charge in [0.2, 0.25) is 0 Å². The van der Waals surface area contributed by atoms with Crippen LogP contribution in [0.2, 0.25) is 0 Å². The first kappa shape index (κ1) is 18.5. The van der Waals surface area contributed by atoms with Gasteiger partial charge in [-0.1, -0.05) is 19.4 Å². The number of ether oxygens (including phenoxy) is 1. The Labute approximate surface area is 155 Å². The summed E-state index contributed by atoms with van der Waals surface area (Å²) < 4.78 is 7.36. The van der Waals surface area contributed by atoms with Crippen LogP contribution in [0.4, 0.5) is 0 Å². The van der Waals surface area contributed by atoms with Crippen LogP contribution in [0.3, 0.4) is 0 Å². The number of amides is 1. The number of methoxy groups -OCH3 is 1. The molecule has 6 nitrogen and oxygen atoms in total. The van der Waals surface area contributed by atoms with E-state index in [0.29, 0.717) is 12.1 Å². The van der Waals surface area contributed by atoms with Crippen molar-refractivity contribution in [3.63, 3.8) is 0 Å². The molecule has 6 heteroatoms. The Kier molecular flexibility index (Phi) is 5.93. The number of unbranched alkanes of at least 4 members (excludes halogenated alkanes) is 1. The third kappa shape index (κ3) is 4.07. The van der Waals surface area contributed by atoms with E-state index < -0.39 is 0 Å². The maximum atomic E-state index is 12.5. The fraction of sp³-hybridized carbons (Fsp3) is 0.500. The van der Waals surface area contributed by atoms with Gasteiger partial charge in [0.15, 0.2) is 0 Å². The minimum Gasteiger partial charge on any atom is -0.496 e. The maximum Gasteiger partial charge on any atom is 0.252 e. The van der Waals surface area contributed by atoms with Crippen molar-refractivity contribution < 1.29 is 9.53 Å². The predicted octanol–water partition coefficient (Wildman–Crippen LogP) is 2.75. The Hall–Kier alpha value is -2.34. The second-order valence-electron chi connectivity index (χ2n) is 6.80. The molecule has 1 aromatic carbocycles. The first-order chi connectivity index (χ1) is 12.6. The summed E-state index contributed by atoms with van der Waals surface area (Å²) in [5.41, 5.74) is 3.63. The maximum absolute atomic E-state index is 12.5. The molecule has 3 rings (SSSR count). The van der Waals surface area contributed by atoms with Crippen molar-refractivity contribution in [3.8, 4) is 5.75 Å². The quantitative estimate of drug-likeness (QED) is 0.829. The van der Waals surface area contributed by atoms with Crippen molar-refractivity contribution in [3.05, 3.63) is 46.8 Å². The lowest BCUT2D eigenvalue weighted by Gasteiger charge is -2.27. The van der Waals surface area contributed by atoms with Crippen LogP contribution < -0.4 is 10.1 Å². The lowest BCUT2D eigenvalue weighted by molar-refractivity contribution is 0.0949. The van der Waals surface area contributed by atoms with E-state index in [9.17, 15) is 4.79 Å². The molecule has 0 saturated heterocycles. The molecular weight excluding hydrogens is 328 g/mol. The Balaban J connectivity index is 1.61. The Morgan fingerprint density at radius 3 is 2.96 bits per heavy atom. The van der Waals surface area contributed by atoms with E-state index in [-0.39, 0.29) is 5.91 Å². The molecule has 1 aliphatic heterocycles. The summed E-state index contributed by atoms with van der Waals surface area (Å²) in [7, 11) is 1.61. The summed E-state index contributed by atoms with van der Waals surface area (Å²) in [5, 5.41) is 7.62. The lowest BCUT2D eigenvalue weighted by atomic mass is 10.1. The van der Waals surface area contributed by atoms with Crippen molar-refractivity contribution in [1.29, 1.82) is 0 Å². The molecule has 1 N–H and O–H groups in total. The zero-order valence-electron chi connectivity index (χ0n) is 15.9. The normalized spacial score (nSPS) is 14.1. The minimum atomic E-state index is -0.100. The van der Waals surface area contributed by atoms with Gasteiger partial charge in [-0.25, -0.2) is 0 Å². The van der Waals surface area contributed by atoms with Crippen molar-refractivity contribution >= 4 is 5.91 Å². The van der Waals surface area contributed by atoms with Gasteiger partial charge in [0.1, 0.15) is 5.75 Å². The fourth-order valence-corrected chi connectivity index (χ4v) is 3.39. The highest BCUT2D eigenvalue weighted by atomic mass is 16.5. The van der Waals surface area contributed by atoms with Crippen LogP contribution in [0.25, 0.3) is 0 Å². The summed E-state index contributed by atoms with van der Waals surface area (Å²) in [6.07, 6.45) is 2.45. The molecule has 0 saturated carbocycles. The average molecular weight is 356 g/mol. The molecular formula is C20H28N4O2. The van der Waals surface area contributed by atoms with Crippen molar-refractivity contribution in [2.75, 3.05) is 20.2 Å². The van der Waals surface area contributed by atoms with Crippen LogP contribution in [-0.2, 0) is 19.6 Å². The molecule has 26 heavy (non-hydrogen) atoms. The van der Waals surface area contributed by atoms with E-state index in [0.717, 1.165) is 43.2 Å². The number of benzene rings is 1. The van der Waals surface area contributed by atoms with E-state index in [1.807, 2.05) is 25.1 Å². The summed E-state index contributed by atoms with van der Waals surface area (Å²) in [4.78, 5) is 15.0. The highest BCUT2D eigenvalue weighted by Crippen LogP contribution is 2.21. The van der Waals surface area contributed by atoms with Gasteiger partial charge in [0.05, 0.1) is 31.6 Å². The molecule has 2 heterocycles. The lowest BCUT2D eigenvalue weighted by Crippen LogP contribution is -2.34. The highest BCUT2D eigenvalue weighted by molar-refractivity contribution is 5.96. The van der Waals surface area contributed by atoms with Crippen molar-refractivity contribution in [1.82, 2.24) is 20.0 Å². The average Bonchev–Trinajstić information content (AvgIpc) is 3.06. The van der Waals surface area contributed by atoms with Crippen LogP contribution in [0.5, 0.6) is 5.75 Å². The SMILES string of the molecule is CCCCN1CCn2nc(CNC(=O)c3cccc(OC)c3C)cc2C1. The zero-order valence-corrected chi connectivity index (χ0v) is 15.9. The van der Waals surface area contributed by atoms with Crippen molar-refractivity contribution in [2.45, 2.75) is 46.3 Å². The molecule has 0 fully saturated rings. The number of aromatic nitrogens is 2. The van der Waals surface area contributed by atoms with Gasteiger partial charge in [-0.05, 0) is 38.1 Å². The van der Waals surface area contributed by atoms with Crippen LogP contribution >= 0.6 is 0 Å². The smallest absolute Gasteiger partial charge is 0.252 e. The summed E-state index contributed by atoms with van der Waals surface area (Å²) in [5.74, 6) is 0.624. The fourth-order valence-electron chi connectivity index (χ4n) is 3.39. The first-order valence-electron chi connectivity index (χ1n) is 9.32. The molecule has 0 radical (unpaired) electrons. The van der Waals surface area contributed by atoms with Crippen molar-refractivity contribution in [2.24, 2.45) is 0 Å². The molecule has 0 aliphatic carbocycles. The van der Waals surface area contributed by atoms with Gasteiger partial charge in [-0.3, -0.25) is 14.4 Å². The number of fused-ring (bicyclic) bond motifs is 1. The third-order valence-electron chi connectivity index (χ3n) is 4.93. The van der Waals surface area contributed by atoms with Gasteiger partial charge >= 0.3 is 0 Å². The Morgan fingerprint density at radius 1 is 1.35 bits per heavy atom. The third-order valence-corrected chi connectivity index (χ3v) is 4.93. The first-order valence-corrected chi connectivity index (χ1v) is 9.32. The number of rotatable bonds is 7. The molecule has 1 aromatic heterocycles. The standard InChI is InChI=1S/C20H28N4O2/c1-4-5-9-23-10-11-24-17(14-23)12-16(22-24)13-21-20(25)18-7-6-8-19(26-3)15(18)2/h6-8,12H,4-5,9-11,13-14H2,1-3H3,(H,21,25). The zero-order chi connectivity index (χ0) is 18.5. The number of nitrogens with one attached hydrogen (secondary N) is 1. The second kappa shape index (κ2) is 8.36. The number of hydrogen-bond donors (Lipinski definition) is 1. The van der Waals surface area contributed by atoms with E-state index in [1.54, 1.807) is 7.11 Å². The van der Waals surface area contributed by atoms with Gasteiger partial charge in [0, 0.05) is 24.2 Å². The van der Waals surface area contributed by atoms with Gasteiger partial charge in [-0.15, -0.1) is 0 Å². The molecule has 140 valence electrons. The van der Waals surface area contributed by atoms with Crippen LogP contribution in [0.15, 0.2) is 24.3 Å². The van der Waals surface area contributed by atoms with E-state index in [1.165, 1.54) is 18.5 Å². The predicted molar refractivity (Wildman–Crippen MR) is 101 cm³/mol. The largest absolute Gasteiger partial charge is 0.496 e. The van der Waals surface area contributed by atoms with E-state index in [4.69, 9.17) is 4.74 Å². The molecule has 1 amide bonds. The molecule has 0 unspecified atom stereocenters. The van der Waals surface area contributed by atoms with E-state index >= 15 is 0 Å². The van der Waals surface area contributed by atoms with Crippen LogP contribution in [-0.4, -0.2) is 40.8 Å². The second-order valence-corrected chi connectivity index (χ2v) is 6.80. The highest BCUT2D eigenvalue weighted by Gasteiger charge is 2.18. The number of hydrogen-bond acceptors (Lipinski definition) is 4. The number of carbonyl (C=O) groups is 1. The van der Waals surface area contributed by atoms with Gasteiger partial charge in [0.25, 0.3) is 5.91 Å². The monoisotopic (exact) mass is 356 g/mol.